The van der Waals surface area contributed by atoms with E-state index in [2.05, 4.69) is 32.5 Å². The lowest BCUT2D eigenvalue weighted by atomic mass is 9.87. The average Bonchev–Trinajstić information content (AvgIpc) is 3.49. The minimum atomic E-state index is 0.291. The third-order valence-corrected chi connectivity index (χ3v) is 6.33. The van der Waals surface area contributed by atoms with Crippen LogP contribution in [0.2, 0.25) is 0 Å². The molecule has 0 amide bonds. The number of methoxy groups -OCH3 is 1. The Morgan fingerprint density at radius 2 is 2.10 bits per heavy atom. The van der Waals surface area contributed by atoms with E-state index in [1.54, 1.807) is 7.11 Å². The molecule has 4 rings (SSSR count). The fraction of sp³-hybridized carbons (Fsp3) is 0.591. The average molecular weight is 413 g/mol. The number of aromatic nitrogens is 3. The molecule has 2 aromatic rings. The summed E-state index contributed by atoms with van der Waals surface area (Å²) >= 11 is 0. The molecule has 1 atom stereocenters. The monoisotopic (exact) mass is 412 g/mol. The van der Waals surface area contributed by atoms with Crippen LogP contribution >= 0.6 is 0 Å². The standard InChI is InChI=1S/C22H32N6O2/c1-17-25-26-20(27(17)2)14-24-21(28-12-9-22(15-28)10-13-30-16-22)23-11-8-18-4-6-19(29-3)7-5-18/h4-7H,8-16H2,1-3H3,(H,23,24). The Kier molecular flexibility index (Phi) is 6.22. The van der Waals surface area contributed by atoms with Crippen LogP contribution in [-0.2, 0) is 24.8 Å². The summed E-state index contributed by atoms with van der Waals surface area (Å²) in [6, 6.07) is 8.23. The van der Waals surface area contributed by atoms with Crippen LogP contribution in [0.5, 0.6) is 5.75 Å². The first kappa shape index (κ1) is 20.7. The molecule has 2 fully saturated rings. The maximum Gasteiger partial charge on any atom is 0.194 e. The predicted molar refractivity (Wildman–Crippen MR) is 116 cm³/mol. The minimum absolute atomic E-state index is 0.291. The molecule has 1 unspecified atom stereocenters. The van der Waals surface area contributed by atoms with Gasteiger partial charge in [-0.05, 0) is 43.9 Å². The summed E-state index contributed by atoms with van der Waals surface area (Å²) in [5.74, 6) is 3.61. The van der Waals surface area contributed by atoms with Gasteiger partial charge in [0.05, 0.1) is 13.7 Å². The van der Waals surface area contributed by atoms with Crippen molar-refractivity contribution in [2.24, 2.45) is 17.5 Å². The highest BCUT2D eigenvalue weighted by Gasteiger charge is 2.42. The van der Waals surface area contributed by atoms with Crippen molar-refractivity contribution >= 4 is 5.96 Å². The van der Waals surface area contributed by atoms with E-state index in [-0.39, 0.29) is 0 Å². The molecular formula is C22H32N6O2. The topological polar surface area (TPSA) is 76.8 Å². The van der Waals surface area contributed by atoms with Crippen molar-refractivity contribution in [3.63, 3.8) is 0 Å². The molecule has 2 saturated heterocycles. The zero-order chi connectivity index (χ0) is 21.0. The van der Waals surface area contributed by atoms with Crippen LogP contribution in [-0.4, -0.2) is 65.6 Å². The fourth-order valence-corrected chi connectivity index (χ4v) is 4.20. The van der Waals surface area contributed by atoms with Crippen molar-refractivity contribution in [1.82, 2.24) is 25.0 Å². The maximum absolute atomic E-state index is 5.70. The SMILES string of the molecule is COc1ccc(CCNC(=NCc2nnc(C)n2C)N2CCC3(CCOC3)C2)cc1. The van der Waals surface area contributed by atoms with Crippen molar-refractivity contribution < 1.29 is 9.47 Å². The molecule has 2 aliphatic rings. The van der Waals surface area contributed by atoms with Crippen molar-refractivity contribution in [2.75, 3.05) is 40.0 Å². The molecular weight excluding hydrogens is 380 g/mol. The van der Waals surface area contributed by atoms with Crippen molar-refractivity contribution in [2.45, 2.75) is 32.7 Å². The highest BCUT2D eigenvalue weighted by molar-refractivity contribution is 5.80. The van der Waals surface area contributed by atoms with Gasteiger partial charge in [-0.2, -0.15) is 0 Å². The quantitative estimate of drug-likeness (QED) is 0.577. The van der Waals surface area contributed by atoms with Crippen LogP contribution in [0.3, 0.4) is 0 Å². The molecule has 0 bridgehead atoms. The van der Waals surface area contributed by atoms with Crippen molar-refractivity contribution in [3.8, 4) is 5.75 Å². The molecule has 1 aromatic heterocycles. The number of aryl methyl sites for hydroxylation is 1. The summed E-state index contributed by atoms with van der Waals surface area (Å²) in [5.41, 5.74) is 1.56. The molecule has 162 valence electrons. The smallest absolute Gasteiger partial charge is 0.194 e. The van der Waals surface area contributed by atoms with Gasteiger partial charge in [0.15, 0.2) is 11.8 Å². The number of hydrogen-bond acceptors (Lipinski definition) is 5. The van der Waals surface area contributed by atoms with Crippen LogP contribution < -0.4 is 10.1 Å². The Hall–Kier alpha value is -2.61. The molecule has 0 saturated carbocycles. The number of rotatable bonds is 6. The number of likely N-dealkylation sites (tertiary alicyclic amines) is 1. The summed E-state index contributed by atoms with van der Waals surface area (Å²) in [4.78, 5) is 7.29. The molecule has 1 spiro atoms. The van der Waals surface area contributed by atoms with Gasteiger partial charge < -0.3 is 24.3 Å². The molecule has 8 heteroatoms. The van der Waals surface area contributed by atoms with E-state index in [0.29, 0.717) is 12.0 Å². The largest absolute Gasteiger partial charge is 0.497 e. The molecule has 30 heavy (non-hydrogen) atoms. The summed E-state index contributed by atoms with van der Waals surface area (Å²) < 4.78 is 12.9. The summed E-state index contributed by atoms with van der Waals surface area (Å²) in [7, 11) is 3.67. The maximum atomic E-state index is 5.70. The van der Waals surface area contributed by atoms with Crippen molar-refractivity contribution in [1.29, 1.82) is 0 Å². The van der Waals surface area contributed by atoms with Crippen LogP contribution in [0.25, 0.3) is 0 Å². The lowest BCUT2D eigenvalue weighted by Crippen LogP contribution is -2.42. The van der Waals surface area contributed by atoms with E-state index in [9.17, 15) is 0 Å². The van der Waals surface area contributed by atoms with Gasteiger partial charge in [-0.1, -0.05) is 12.1 Å². The highest BCUT2D eigenvalue weighted by atomic mass is 16.5. The van der Waals surface area contributed by atoms with E-state index < -0.39 is 0 Å². The minimum Gasteiger partial charge on any atom is -0.497 e. The van der Waals surface area contributed by atoms with Gasteiger partial charge in [0.25, 0.3) is 0 Å². The van der Waals surface area contributed by atoms with Gasteiger partial charge in [0, 0.05) is 38.7 Å². The lowest BCUT2D eigenvalue weighted by molar-refractivity contribution is 0.156. The van der Waals surface area contributed by atoms with Crippen LogP contribution in [0, 0.1) is 12.3 Å². The Balaban J connectivity index is 1.42. The van der Waals surface area contributed by atoms with Gasteiger partial charge in [0.2, 0.25) is 0 Å². The third-order valence-electron chi connectivity index (χ3n) is 6.33. The Morgan fingerprint density at radius 3 is 2.77 bits per heavy atom. The Bertz CT molecular complexity index is 870. The molecule has 8 nitrogen and oxygen atoms in total. The van der Waals surface area contributed by atoms with E-state index in [1.165, 1.54) is 5.56 Å². The molecule has 0 radical (unpaired) electrons. The zero-order valence-electron chi connectivity index (χ0n) is 18.2. The van der Waals surface area contributed by atoms with E-state index in [0.717, 1.165) is 75.5 Å². The molecule has 1 N–H and O–H groups in total. The molecule has 3 heterocycles. The zero-order valence-corrected chi connectivity index (χ0v) is 18.2. The summed E-state index contributed by atoms with van der Waals surface area (Å²) in [6.45, 7) is 7.05. The number of nitrogens with one attached hydrogen (secondary N) is 1. The predicted octanol–water partition coefficient (Wildman–Crippen LogP) is 1.93. The molecule has 2 aliphatic heterocycles. The second kappa shape index (κ2) is 9.04. The molecule has 0 aliphatic carbocycles. The van der Waals surface area contributed by atoms with E-state index >= 15 is 0 Å². The van der Waals surface area contributed by atoms with E-state index in [4.69, 9.17) is 14.5 Å². The summed E-state index contributed by atoms with van der Waals surface area (Å²) in [5, 5.41) is 12.0. The van der Waals surface area contributed by atoms with E-state index in [1.807, 2.05) is 30.7 Å². The highest BCUT2D eigenvalue weighted by Crippen LogP contribution is 2.38. The first-order chi connectivity index (χ1) is 14.6. The van der Waals surface area contributed by atoms with Crippen LogP contribution in [0.1, 0.15) is 30.1 Å². The third kappa shape index (κ3) is 4.59. The number of ether oxygens (including phenoxy) is 2. The first-order valence-corrected chi connectivity index (χ1v) is 10.7. The fourth-order valence-electron chi connectivity index (χ4n) is 4.20. The van der Waals surface area contributed by atoms with Crippen molar-refractivity contribution in [3.05, 3.63) is 41.5 Å². The van der Waals surface area contributed by atoms with Gasteiger partial charge >= 0.3 is 0 Å². The summed E-state index contributed by atoms with van der Waals surface area (Å²) in [6.07, 6.45) is 3.23. The van der Waals surface area contributed by atoms with Crippen LogP contribution in [0.15, 0.2) is 29.3 Å². The number of benzene rings is 1. The van der Waals surface area contributed by atoms with Gasteiger partial charge in [-0.3, -0.25) is 0 Å². The lowest BCUT2D eigenvalue weighted by Gasteiger charge is -2.25. The number of aliphatic imine (C=N–C) groups is 1. The van der Waals surface area contributed by atoms with Gasteiger partial charge in [-0.25, -0.2) is 4.99 Å². The number of guanidine groups is 1. The second-order valence-corrected chi connectivity index (χ2v) is 8.36. The number of hydrogen-bond donors (Lipinski definition) is 1. The van der Waals surface area contributed by atoms with Gasteiger partial charge in [-0.15, -0.1) is 10.2 Å². The van der Waals surface area contributed by atoms with Gasteiger partial charge in [0.1, 0.15) is 18.1 Å². The Morgan fingerprint density at radius 1 is 1.27 bits per heavy atom. The molecule has 1 aromatic carbocycles. The first-order valence-electron chi connectivity index (χ1n) is 10.7. The normalized spacial score (nSPS) is 21.6. The van der Waals surface area contributed by atoms with Crippen LogP contribution in [0.4, 0.5) is 0 Å². The Labute approximate surface area is 178 Å². The second-order valence-electron chi connectivity index (χ2n) is 8.36. The number of nitrogens with zero attached hydrogens (tertiary/aromatic N) is 5.